The summed E-state index contributed by atoms with van der Waals surface area (Å²) in [6.07, 6.45) is 0.799. The second-order valence-electron chi connectivity index (χ2n) is 4.06. The highest BCUT2D eigenvalue weighted by Crippen LogP contribution is 2.39. The van der Waals surface area contributed by atoms with E-state index in [9.17, 15) is 4.79 Å². The van der Waals surface area contributed by atoms with Crippen molar-refractivity contribution in [3.8, 4) is 22.8 Å². The Bertz CT molecular complexity index is 619. The Morgan fingerprint density at radius 3 is 2.89 bits per heavy atom. The molecule has 6 nitrogen and oxygen atoms in total. The van der Waals surface area contributed by atoms with Crippen molar-refractivity contribution in [2.75, 3.05) is 13.2 Å². The maximum Gasteiger partial charge on any atom is 0.374 e. The Hall–Kier alpha value is -2.50. The van der Waals surface area contributed by atoms with Gasteiger partial charge in [0.2, 0.25) is 5.76 Å². The first-order valence-electron chi connectivity index (χ1n) is 5.85. The minimum Gasteiger partial charge on any atom is -0.490 e. The van der Waals surface area contributed by atoms with Crippen molar-refractivity contribution in [1.82, 2.24) is 5.16 Å². The largest absolute Gasteiger partial charge is 0.490 e. The monoisotopic (exact) mass is 261 g/mol. The summed E-state index contributed by atoms with van der Waals surface area (Å²) in [4.78, 5) is 10.8. The van der Waals surface area contributed by atoms with Crippen molar-refractivity contribution in [3.05, 3.63) is 30.0 Å². The summed E-state index contributed by atoms with van der Waals surface area (Å²) in [6.45, 7) is 1.14. The highest BCUT2D eigenvalue weighted by molar-refractivity contribution is 5.86. The van der Waals surface area contributed by atoms with Crippen molar-refractivity contribution in [1.29, 1.82) is 0 Å². The van der Waals surface area contributed by atoms with Crippen LogP contribution in [0.5, 0.6) is 11.5 Å². The van der Waals surface area contributed by atoms with Gasteiger partial charge in [0.25, 0.3) is 0 Å². The van der Waals surface area contributed by atoms with Crippen molar-refractivity contribution >= 4 is 5.97 Å². The third kappa shape index (κ3) is 2.12. The van der Waals surface area contributed by atoms with Gasteiger partial charge in [-0.15, -0.1) is 0 Å². The Kier molecular flexibility index (Phi) is 2.83. The zero-order chi connectivity index (χ0) is 13.2. The van der Waals surface area contributed by atoms with Crippen LogP contribution < -0.4 is 9.47 Å². The number of rotatable bonds is 2. The molecule has 0 saturated heterocycles. The Morgan fingerprint density at radius 2 is 2.11 bits per heavy atom. The number of carboxylic acids is 1. The molecule has 2 heterocycles. The minimum absolute atomic E-state index is 0.206. The molecule has 0 bridgehead atoms. The number of carboxylic acid groups (broad SMARTS) is 1. The zero-order valence-corrected chi connectivity index (χ0v) is 9.96. The van der Waals surface area contributed by atoms with Crippen molar-refractivity contribution in [2.45, 2.75) is 6.42 Å². The van der Waals surface area contributed by atoms with Gasteiger partial charge in [-0.1, -0.05) is 11.2 Å². The number of para-hydroxylation sites is 1. The van der Waals surface area contributed by atoms with Crippen LogP contribution in [0, 0.1) is 0 Å². The number of carbonyl (C=O) groups is 1. The molecule has 0 unspecified atom stereocenters. The van der Waals surface area contributed by atoms with Gasteiger partial charge in [0.15, 0.2) is 11.5 Å². The maximum absolute atomic E-state index is 10.8. The summed E-state index contributed by atoms with van der Waals surface area (Å²) in [6, 6.07) is 6.77. The molecule has 98 valence electrons. The molecule has 0 saturated carbocycles. The average Bonchev–Trinajstić information content (AvgIpc) is 2.77. The van der Waals surface area contributed by atoms with Gasteiger partial charge in [0.1, 0.15) is 5.69 Å². The molecule has 3 rings (SSSR count). The second kappa shape index (κ2) is 4.64. The molecule has 0 atom stereocenters. The summed E-state index contributed by atoms with van der Waals surface area (Å²) in [5.41, 5.74) is 1.08. The van der Waals surface area contributed by atoms with Crippen LogP contribution in [0.2, 0.25) is 0 Å². The summed E-state index contributed by atoms with van der Waals surface area (Å²) < 4.78 is 16.0. The standard InChI is InChI=1S/C13H11NO5/c15-13(16)11-7-9(14-19-11)8-3-1-4-10-12(8)18-6-2-5-17-10/h1,3-4,7H,2,5-6H2,(H,15,16). The SMILES string of the molecule is O=C(O)c1cc(-c2cccc3c2OCCCO3)no1. The average molecular weight is 261 g/mol. The number of hydrogen-bond donors (Lipinski definition) is 1. The van der Waals surface area contributed by atoms with Gasteiger partial charge in [-0.25, -0.2) is 4.79 Å². The number of fused-ring (bicyclic) bond motifs is 1. The van der Waals surface area contributed by atoms with Crippen LogP contribution in [0.4, 0.5) is 0 Å². The van der Waals surface area contributed by atoms with Gasteiger partial charge in [-0.05, 0) is 12.1 Å². The van der Waals surface area contributed by atoms with E-state index >= 15 is 0 Å². The van der Waals surface area contributed by atoms with Crippen LogP contribution >= 0.6 is 0 Å². The Labute approximate surface area is 108 Å². The van der Waals surface area contributed by atoms with E-state index in [1.165, 1.54) is 6.07 Å². The lowest BCUT2D eigenvalue weighted by Crippen LogP contribution is -1.98. The number of aromatic carboxylic acids is 1. The van der Waals surface area contributed by atoms with E-state index in [0.717, 1.165) is 6.42 Å². The Balaban J connectivity index is 2.06. The number of aromatic nitrogens is 1. The third-order valence-corrected chi connectivity index (χ3v) is 2.77. The van der Waals surface area contributed by atoms with E-state index in [0.29, 0.717) is 36.0 Å². The lowest BCUT2D eigenvalue weighted by atomic mass is 10.1. The molecule has 6 heteroatoms. The summed E-state index contributed by atoms with van der Waals surface area (Å²) >= 11 is 0. The first kappa shape index (κ1) is 11.6. The van der Waals surface area contributed by atoms with E-state index < -0.39 is 5.97 Å². The van der Waals surface area contributed by atoms with E-state index in [1.807, 2.05) is 6.07 Å². The fourth-order valence-corrected chi connectivity index (χ4v) is 1.90. The highest BCUT2D eigenvalue weighted by atomic mass is 16.5. The Morgan fingerprint density at radius 1 is 1.26 bits per heavy atom. The molecule has 2 aromatic rings. The van der Waals surface area contributed by atoms with Gasteiger partial charge in [0.05, 0.1) is 13.2 Å². The topological polar surface area (TPSA) is 81.8 Å². The predicted molar refractivity (Wildman–Crippen MR) is 64.5 cm³/mol. The molecule has 0 fully saturated rings. The zero-order valence-electron chi connectivity index (χ0n) is 9.96. The van der Waals surface area contributed by atoms with Crippen LogP contribution in [0.15, 0.2) is 28.8 Å². The molecule has 0 amide bonds. The van der Waals surface area contributed by atoms with Crippen LogP contribution in [0.3, 0.4) is 0 Å². The third-order valence-electron chi connectivity index (χ3n) is 2.77. The molecule has 0 spiro atoms. The van der Waals surface area contributed by atoms with Crippen LogP contribution in [0.25, 0.3) is 11.3 Å². The van der Waals surface area contributed by atoms with Gasteiger partial charge < -0.3 is 19.1 Å². The first-order chi connectivity index (χ1) is 9.25. The fraction of sp³-hybridized carbons (Fsp3) is 0.231. The summed E-state index contributed by atoms with van der Waals surface area (Å²) in [5, 5.41) is 12.6. The van der Waals surface area contributed by atoms with E-state index in [2.05, 4.69) is 5.16 Å². The fourth-order valence-electron chi connectivity index (χ4n) is 1.90. The van der Waals surface area contributed by atoms with Gasteiger partial charge in [0, 0.05) is 18.1 Å². The maximum atomic E-state index is 10.8. The molecule has 1 aliphatic heterocycles. The predicted octanol–water partition coefficient (Wildman–Crippen LogP) is 2.20. The number of hydrogen-bond acceptors (Lipinski definition) is 5. The molecule has 1 aromatic carbocycles. The van der Waals surface area contributed by atoms with Gasteiger partial charge in [-0.2, -0.15) is 0 Å². The smallest absolute Gasteiger partial charge is 0.374 e. The van der Waals surface area contributed by atoms with Crippen molar-refractivity contribution in [2.24, 2.45) is 0 Å². The lowest BCUT2D eigenvalue weighted by Gasteiger charge is -2.10. The molecular weight excluding hydrogens is 250 g/mol. The molecular formula is C13H11NO5. The van der Waals surface area contributed by atoms with Crippen molar-refractivity contribution in [3.63, 3.8) is 0 Å². The summed E-state index contributed by atoms with van der Waals surface area (Å²) in [7, 11) is 0. The van der Waals surface area contributed by atoms with Crippen LogP contribution in [-0.2, 0) is 0 Å². The van der Waals surface area contributed by atoms with E-state index in [1.54, 1.807) is 12.1 Å². The van der Waals surface area contributed by atoms with E-state index in [-0.39, 0.29) is 5.76 Å². The highest BCUT2D eigenvalue weighted by Gasteiger charge is 2.19. The van der Waals surface area contributed by atoms with Crippen LogP contribution in [0.1, 0.15) is 17.0 Å². The summed E-state index contributed by atoms with van der Waals surface area (Å²) in [5.74, 6) is -0.153. The molecule has 1 aromatic heterocycles. The van der Waals surface area contributed by atoms with Crippen LogP contribution in [-0.4, -0.2) is 29.4 Å². The van der Waals surface area contributed by atoms with Crippen molar-refractivity contribution < 1.29 is 23.9 Å². The number of ether oxygens (including phenoxy) is 2. The molecule has 1 aliphatic rings. The quantitative estimate of drug-likeness (QED) is 0.892. The minimum atomic E-state index is -1.15. The number of nitrogens with zero attached hydrogens (tertiary/aromatic N) is 1. The van der Waals surface area contributed by atoms with Gasteiger partial charge >= 0.3 is 5.97 Å². The molecule has 0 radical (unpaired) electrons. The normalized spacial score (nSPS) is 13.9. The molecule has 1 N–H and O–H groups in total. The molecule has 19 heavy (non-hydrogen) atoms. The van der Waals surface area contributed by atoms with Gasteiger partial charge in [-0.3, -0.25) is 0 Å². The number of benzene rings is 1. The lowest BCUT2D eigenvalue weighted by molar-refractivity contribution is 0.0652. The second-order valence-corrected chi connectivity index (χ2v) is 4.06. The van der Waals surface area contributed by atoms with E-state index in [4.69, 9.17) is 19.1 Å². The molecule has 0 aliphatic carbocycles. The first-order valence-corrected chi connectivity index (χ1v) is 5.85.